The minimum Gasteiger partial charge on any atom is -0.493 e. The van der Waals surface area contributed by atoms with E-state index in [9.17, 15) is 4.79 Å². The third-order valence-corrected chi connectivity index (χ3v) is 5.19. The molecule has 132 valence electrons. The fourth-order valence-electron chi connectivity index (χ4n) is 3.81. The summed E-state index contributed by atoms with van der Waals surface area (Å²) in [4.78, 5) is 14.8. The Morgan fingerprint density at radius 1 is 1.29 bits per heavy atom. The van der Waals surface area contributed by atoms with Gasteiger partial charge in [-0.15, -0.1) is 0 Å². The van der Waals surface area contributed by atoms with Gasteiger partial charge in [0.15, 0.2) is 0 Å². The number of hydrogen-bond donors (Lipinski definition) is 0. The van der Waals surface area contributed by atoms with Gasteiger partial charge in [0.25, 0.3) is 0 Å². The van der Waals surface area contributed by atoms with Gasteiger partial charge in [-0.25, -0.2) is 0 Å². The molecule has 1 aromatic rings. The van der Waals surface area contributed by atoms with E-state index in [2.05, 4.69) is 11.8 Å². The highest BCUT2D eigenvalue weighted by molar-refractivity contribution is 5.78. The highest BCUT2D eigenvalue weighted by Crippen LogP contribution is 2.25. The van der Waals surface area contributed by atoms with Gasteiger partial charge in [-0.3, -0.25) is 4.79 Å². The number of piperidine rings is 1. The van der Waals surface area contributed by atoms with Gasteiger partial charge >= 0.3 is 0 Å². The van der Waals surface area contributed by atoms with Crippen molar-refractivity contribution in [1.29, 1.82) is 0 Å². The predicted molar refractivity (Wildman–Crippen MR) is 93.9 cm³/mol. The van der Waals surface area contributed by atoms with E-state index in [1.54, 1.807) is 0 Å². The number of carbonyl (C=O) groups is 1. The van der Waals surface area contributed by atoms with Crippen LogP contribution in [0.5, 0.6) is 5.75 Å². The van der Waals surface area contributed by atoms with Crippen molar-refractivity contribution in [1.82, 2.24) is 4.90 Å². The van der Waals surface area contributed by atoms with E-state index in [1.165, 1.54) is 0 Å². The smallest absolute Gasteiger partial charge is 0.225 e. The zero-order valence-corrected chi connectivity index (χ0v) is 14.7. The van der Waals surface area contributed by atoms with Crippen molar-refractivity contribution >= 4 is 5.91 Å². The Morgan fingerprint density at radius 3 is 2.88 bits per heavy atom. The van der Waals surface area contributed by atoms with Crippen molar-refractivity contribution < 1.29 is 14.3 Å². The van der Waals surface area contributed by atoms with E-state index in [0.29, 0.717) is 24.3 Å². The fourth-order valence-corrected chi connectivity index (χ4v) is 3.81. The third kappa shape index (κ3) is 4.73. The molecule has 0 spiro atoms. The molecule has 3 atom stereocenters. The summed E-state index contributed by atoms with van der Waals surface area (Å²) in [7, 11) is 0. The largest absolute Gasteiger partial charge is 0.493 e. The second-order valence-corrected chi connectivity index (χ2v) is 7.28. The van der Waals surface area contributed by atoms with Gasteiger partial charge < -0.3 is 14.4 Å². The zero-order chi connectivity index (χ0) is 16.8. The number of amides is 1. The molecule has 0 saturated carbocycles. The van der Waals surface area contributed by atoms with Gasteiger partial charge in [-0.1, -0.05) is 25.1 Å². The number of benzene rings is 1. The summed E-state index contributed by atoms with van der Waals surface area (Å²) in [5.41, 5.74) is 0. The first-order valence-electron chi connectivity index (χ1n) is 9.26. The van der Waals surface area contributed by atoms with Crippen LogP contribution in [0.4, 0.5) is 0 Å². The van der Waals surface area contributed by atoms with Crippen LogP contribution in [0.2, 0.25) is 0 Å². The van der Waals surface area contributed by atoms with Gasteiger partial charge in [0.1, 0.15) is 5.75 Å². The maximum absolute atomic E-state index is 12.7. The first-order chi connectivity index (χ1) is 11.7. The maximum atomic E-state index is 12.7. The summed E-state index contributed by atoms with van der Waals surface area (Å²) < 4.78 is 11.3. The Balaban J connectivity index is 1.46. The van der Waals surface area contributed by atoms with Crippen LogP contribution in [0.15, 0.2) is 30.3 Å². The number of rotatable bonds is 6. The molecular formula is C20H29NO3. The lowest BCUT2D eigenvalue weighted by molar-refractivity contribution is -0.137. The summed E-state index contributed by atoms with van der Waals surface area (Å²) in [5, 5.41) is 0. The summed E-state index contributed by atoms with van der Waals surface area (Å²) in [6, 6.07) is 9.93. The van der Waals surface area contributed by atoms with Crippen molar-refractivity contribution in [2.45, 2.75) is 32.6 Å². The van der Waals surface area contributed by atoms with E-state index >= 15 is 0 Å². The molecule has 3 rings (SSSR count). The third-order valence-electron chi connectivity index (χ3n) is 5.19. The monoisotopic (exact) mass is 331 g/mol. The van der Waals surface area contributed by atoms with E-state index in [4.69, 9.17) is 9.47 Å². The second kappa shape index (κ2) is 8.52. The van der Waals surface area contributed by atoms with Crippen molar-refractivity contribution in [3.63, 3.8) is 0 Å². The van der Waals surface area contributed by atoms with Gasteiger partial charge in [0.2, 0.25) is 5.91 Å². The zero-order valence-electron chi connectivity index (χ0n) is 14.7. The van der Waals surface area contributed by atoms with E-state index in [1.807, 2.05) is 30.3 Å². The van der Waals surface area contributed by atoms with Gasteiger partial charge in [-0.05, 0) is 43.7 Å². The van der Waals surface area contributed by atoms with E-state index in [0.717, 1.165) is 57.7 Å². The molecule has 0 aromatic heterocycles. The molecule has 0 aliphatic carbocycles. The summed E-state index contributed by atoms with van der Waals surface area (Å²) in [6.07, 6.45) is 4.28. The molecule has 1 aromatic carbocycles. The maximum Gasteiger partial charge on any atom is 0.225 e. The Kier molecular flexibility index (Phi) is 6.13. The van der Waals surface area contributed by atoms with Gasteiger partial charge in [0, 0.05) is 38.1 Å². The van der Waals surface area contributed by atoms with Crippen LogP contribution in [-0.2, 0) is 9.53 Å². The standard InChI is InChI=1S/C20H29NO3/c1-16(12-17-9-11-23-14-17)20(22)21-10-5-6-18(13-21)15-24-19-7-3-2-4-8-19/h2-4,7-8,16-18H,5-6,9-15H2,1H3. The lowest BCUT2D eigenvalue weighted by atomic mass is 9.92. The molecule has 0 radical (unpaired) electrons. The average Bonchev–Trinajstić information content (AvgIpc) is 3.13. The molecule has 0 bridgehead atoms. The second-order valence-electron chi connectivity index (χ2n) is 7.28. The Labute approximate surface area is 145 Å². The highest BCUT2D eigenvalue weighted by atomic mass is 16.5. The topological polar surface area (TPSA) is 38.8 Å². The van der Waals surface area contributed by atoms with Crippen LogP contribution < -0.4 is 4.74 Å². The molecule has 0 N–H and O–H groups in total. The van der Waals surface area contributed by atoms with Crippen molar-refractivity contribution in [3.8, 4) is 5.75 Å². The SMILES string of the molecule is CC(CC1CCOC1)C(=O)N1CCCC(COc2ccccc2)C1. The molecule has 2 heterocycles. The van der Waals surface area contributed by atoms with Gasteiger partial charge in [-0.2, -0.15) is 0 Å². The normalized spacial score (nSPS) is 25.5. The van der Waals surface area contributed by atoms with Crippen LogP contribution in [0.25, 0.3) is 0 Å². The van der Waals surface area contributed by atoms with Crippen molar-refractivity contribution in [3.05, 3.63) is 30.3 Å². The first kappa shape index (κ1) is 17.3. The number of likely N-dealkylation sites (tertiary alicyclic amines) is 1. The Hall–Kier alpha value is -1.55. The Bertz CT molecular complexity index is 513. The van der Waals surface area contributed by atoms with Crippen LogP contribution >= 0.6 is 0 Å². The van der Waals surface area contributed by atoms with Crippen LogP contribution in [-0.4, -0.2) is 43.7 Å². The highest BCUT2D eigenvalue weighted by Gasteiger charge is 2.29. The number of para-hydroxylation sites is 1. The molecule has 24 heavy (non-hydrogen) atoms. The van der Waals surface area contributed by atoms with Crippen LogP contribution in [0, 0.1) is 17.8 Å². The molecule has 4 heteroatoms. The number of nitrogens with zero attached hydrogens (tertiary/aromatic N) is 1. The van der Waals surface area contributed by atoms with E-state index < -0.39 is 0 Å². The minimum absolute atomic E-state index is 0.102. The van der Waals surface area contributed by atoms with Crippen LogP contribution in [0.1, 0.15) is 32.6 Å². The molecule has 2 saturated heterocycles. The van der Waals surface area contributed by atoms with Crippen molar-refractivity contribution in [2.75, 3.05) is 32.9 Å². The number of ether oxygens (including phenoxy) is 2. The number of carbonyl (C=O) groups excluding carboxylic acids is 1. The lowest BCUT2D eigenvalue weighted by Crippen LogP contribution is -2.44. The molecule has 2 aliphatic heterocycles. The Morgan fingerprint density at radius 2 is 2.12 bits per heavy atom. The van der Waals surface area contributed by atoms with Gasteiger partial charge in [0.05, 0.1) is 6.61 Å². The molecule has 2 aliphatic rings. The van der Waals surface area contributed by atoms with Crippen LogP contribution in [0.3, 0.4) is 0 Å². The minimum atomic E-state index is 0.102. The summed E-state index contributed by atoms with van der Waals surface area (Å²) >= 11 is 0. The predicted octanol–water partition coefficient (Wildman–Crippen LogP) is 3.37. The molecule has 2 fully saturated rings. The molecule has 1 amide bonds. The quantitative estimate of drug-likeness (QED) is 0.802. The summed E-state index contributed by atoms with van der Waals surface area (Å²) in [5.74, 6) is 2.32. The molecular weight excluding hydrogens is 302 g/mol. The first-order valence-corrected chi connectivity index (χ1v) is 9.26. The summed E-state index contributed by atoms with van der Waals surface area (Å²) in [6.45, 7) is 6.17. The molecule has 4 nitrogen and oxygen atoms in total. The number of hydrogen-bond acceptors (Lipinski definition) is 3. The fraction of sp³-hybridized carbons (Fsp3) is 0.650. The van der Waals surface area contributed by atoms with Crippen molar-refractivity contribution in [2.24, 2.45) is 17.8 Å². The lowest BCUT2D eigenvalue weighted by Gasteiger charge is -2.34. The molecule has 3 unspecified atom stereocenters. The van der Waals surface area contributed by atoms with E-state index in [-0.39, 0.29) is 5.92 Å². The average molecular weight is 331 g/mol.